The Morgan fingerprint density at radius 3 is 2.95 bits per heavy atom. The van der Waals surface area contributed by atoms with Gasteiger partial charge in [-0.1, -0.05) is 22.9 Å². The summed E-state index contributed by atoms with van der Waals surface area (Å²) in [6, 6.07) is 6.08. The van der Waals surface area contributed by atoms with E-state index in [0.717, 1.165) is 23.4 Å². The predicted molar refractivity (Wildman–Crippen MR) is 72.3 cm³/mol. The molecule has 5 nitrogen and oxygen atoms in total. The zero-order valence-corrected chi connectivity index (χ0v) is 11.3. The minimum absolute atomic E-state index is 0.179. The smallest absolute Gasteiger partial charge is 0.123 e. The average Bonchev–Trinajstić information content (AvgIpc) is 2.84. The molecule has 0 amide bonds. The molecule has 0 aliphatic carbocycles. The number of aliphatic hydroxyl groups is 1. The predicted octanol–water partition coefficient (Wildman–Crippen LogP) is 1.57. The summed E-state index contributed by atoms with van der Waals surface area (Å²) < 4.78 is 7.15. The Bertz CT molecular complexity index is 537. The second kappa shape index (κ2) is 6.33. The van der Waals surface area contributed by atoms with Crippen LogP contribution in [0.1, 0.15) is 23.2 Å². The third-order valence-corrected chi connectivity index (χ3v) is 2.95. The van der Waals surface area contributed by atoms with E-state index >= 15 is 0 Å². The van der Waals surface area contributed by atoms with Crippen molar-refractivity contribution in [3.63, 3.8) is 0 Å². The topological polar surface area (TPSA) is 60.2 Å². The van der Waals surface area contributed by atoms with Crippen molar-refractivity contribution in [2.75, 3.05) is 13.7 Å². The zero-order chi connectivity index (χ0) is 13.7. The summed E-state index contributed by atoms with van der Waals surface area (Å²) in [6.45, 7) is 2.87. The second-order valence-corrected chi connectivity index (χ2v) is 4.55. The molecule has 1 heterocycles. The van der Waals surface area contributed by atoms with Crippen LogP contribution in [0.15, 0.2) is 24.4 Å². The summed E-state index contributed by atoms with van der Waals surface area (Å²) in [5.74, 6) is 0.859. The van der Waals surface area contributed by atoms with Crippen LogP contribution in [0.25, 0.3) is 0 Å². The van der Waals surface area contributed by atoms with Crippen molar-refractivity contribution in [3.05, 3.63) is 41.2 Å². The Labute approximate surface area is 112 Å². The van der Waals surface area contributed by atoms with Crippen LogP contribution in [0, 0.1) is 6.92 Å². The third-order valence-electron chi connectivity index (χ3n) is 2.95. The average molecular weight is 261 g/mol. The number of aromatic nitrogens is 3. The first-order valence-electron chi connectivity index (χ1n) is 6.36. The van der Waals surface area contributed by atoms with Crippen LogP contribution < -0.4 is 4.74 Å². The fourth-order valence-electron chi connectivity index (χ4n) is 2.00. The Kier molecular flexibility index (Phi) is 4.52. The minimum atomic E-state index is 0.179. The van der Waals surface area contributed by atoms with Gasteiger partial charge < -0.3 is 9.84 Å². The van der Waals surface area contributed by atoms with Crippen molar-refractivity contribution in [2.24, 2.45) is 0 Å². The van der Waals surface area contributed by atoms with Crippen molar-refractivity contribution < 1.29 is 9.84 Å². The van der Waals surface area contributed by atoms with Crippen LogP contribution in [-0.4, -0.2) is 33.8 Å². The lowest BCUT2D eigenvalue weighted by atomic mass is 10.1. The second-order valence-electron chi connectivity index (χ2n) is 4.55. The van der Waals surface area contributed by atoms with E-state index in [0.29, 0.717) is 13.0 Å². The van der Waals surface area contributed by atoms with E-state index in [9.17, 15) is 0 Å². The van der Waals surface area contributed by atoms with E-state index < -0.39 is 0 Å². The van der Waals surface area contributed by atoms with Gasteiger partial charge >= 0.3 is 0 Å². The molecule has 1 aromatic heterocycles. The largest absolute Gasteiger partial charge is 0.496 e. The maximum absolute atomic E-state index is 8.80. The highest BCUT2D eigenvalue weighted by atomic mass is 16.5. The molecule has 0 atom stereocenters. The first-order chi connectivity index (χ1) is 9.22. The normalized spacial score (nSPS) is 10.7. The molecular formula is C14H19N3O2. The Morgan fingerprint density at radius 1 is 1.37 bits per heavy atom. The van der Waals surface area contributed by atoms with Gasteiger partial charge in [-0.15, -0.1) is 5.10 Å². The van der Waals surface area contributed by atoms with Crippen molar-refractivity contribution in [1.29, 1.82) is 0 Å². The molecular weight excluding hydrogens is 242 g/mol. The molecule has 5 heteroatoms. The van der Waals surface area contributed by atoms with Gasteiger partial charge in [0.25, 0.3) is 0 Å². The van der Waals surface area contributed by atoms with E-state index in [1.165, 1.54) is 5.56 Å². The quantitative estimate of drug-likeness (QED) is 0.857. The zero-order valence-electron chi connectivity index (χ0n) is 11.3. The molecule has 0 radical (unpaired) electrons. The summed E-state index contributed by atoms with van der Waals surface area (Å²) in [4.78, 5) is 0. The standard InChI is InChI=1S/C14H19N3O2/c1-11-5-6-14(19-2)12(8-11)9-17-10-13(15-16-17)4-3-7-18/h5-6,8,10,18H,3-4,7,9H2,1-2H3. The van der Waals surface area contributed by atoms with Crippen LogP contribution in [0.3, 0.4) is 0 Å². The number of benzene rings is 1. The lowest BCUT2D eigenvalue weighted by Crippen LogP contribution is -2.03. The number of hydrogen-bond donors (Lipinski definition) is 1. The number of nitrogens with zero attached hydrogens (tertiary/aromatic N) is 3. The summed E-state index contributed by atoms with van der Waals surface area (Å²) in [7, 11) is 1.67. The molecule has 19 heavy (non-hydrogen) atoms. The van der Waals surface area contributed by atoms with Gasteiger partial charge in [-0.2, -0.15) is 0 Å². The molecule has 0 saturated heterocycles. The number of methoxy groups -OCH3 is 1. The molecule has 2 rings (SSSR count). The van der Waals surface area contributed by atoms with Crippen LogP contribution in [0.2, 0.25) is 0 Å². The summed E-state index contributed by atoms with van der Waals surface area (Å²) in [6.07, 6.45) is 3.38. The molecule has 0 bridgehead atoms. The Morgan fingerprint density at radius 2 is 2.21 bits per heavy atom. The molecule has 0 fully saturated rings. The van der Waals surface area contributed by atoms with Crippen molar-refractivity contribution in [2.45, 2.75) is 26.3 Å². The highest BCUT2D eigenvalue weighted by Gasteiger charge is 2.06. The summed E-state index contributed by atoms with van der Waals surface area (Å²) in [5, 5.41) is 17.0. The fraction of sp³-hybridized carbons (Fsp3) is 0.429. The minimum Gasteiger partial charge on any atom is -0.496 e. The molecule has 0 spiro atoms. The van der Waals surface area contributed by atoms with Gasteiger partial charge in [0.15, 0.2) is 0 Å². The highest BCUT2D eigenvalue weighted by Crippen LogP contribution is 2.20. The monoisotopic (exact) mass is 261 g/mol. The lowest BCUT2D eigenvalue weighted by molar-refractivity contribution is 0.288. The third kappa shape index (κ3) is 3.54. The summed E-state index contributed by atoms with van der Waals surface area (Å²) in [5.41, 5.74) is 3.18. The molecule has 1 N–H and O–H groups in total. The maximum atomic E-state index is 8.80. The van der Waals surface area contributed by atoms with Gasteiger partial charge in [-0.25, -0.2) is 4.68 Å². The van der Waals surface area contributed by atoms with Gasteiger partial charge in [0.2, 0.25) is 0 Å². The van der Waals surface area contributed by atoms with Crippen LogP contribution in [-0.2, 0) is 13.0 Å². The number of rotatable bonds is 6. The van der Waals surface area contributed by atoms with Gasteiger partial charge in [0, 0.05) is 18.4 Å². The van der Waals surface area contributed by atoms with Crippen LogP contribution in [0.5, 0.6) is 5.75 Å². The molecule has 102 valence electrons. The number of aryl methyl sites for hydroxylation is 2. The van der Waals surface area contributed by atoms with E-state index in [4.69, 9.17) is 9.84 Å². The molecule has 2 aromatic rings. The number of aliphatic hydroxyl groups excluding tert-OH is 1. The van der Waals surface area contributed by atoms with Crippen LogP contribution in [0.4, 0.5) is 0 Å². The molecule has 0 saturated carbocycles. The van der Waals surface area contributed by atoms with Gasteiger partial charge in [-0.05, 0) is 25.8 Å². The van der Waals surface area contributed by atoms with Gasteiger partial charge in [-0.3, -0.25) is 0 Å². The number of ether oxygens (including phenoxy) is 1. The molecule has 0 aliphatic rings. The van der Waals surface area contributed by atoms with E-state index in [-0.39, 0.29) is 6.61 Å². The van der Waals surface area contributed by atoms with Crippen LogP contribution >= 0.6 is 0 Å². The SMILES string of the molecule is COc1ccc(C)cc1Cn1cc(CCCO)nn1. The maximum Gasteiger partial charge on any atom is 0.123 e. The molecule has 0 unspecified atom stereocenters. The van der Waals surface area contributed by atoms with Crippen molar-refractivity contribution in [1.82, 2.24) is 15.0 Å². The van der Waals surface area contributed by atoms with E-state index in [1.807, 2.05) is 18.3 Å². The first kappa shape index (κ1) is 13.5. The fourth-order valence-corrected chi connectivity index (χ4v) is 2.00. The van der Waals surface area contributed by atoms with Crippen molar-refractivity contribution >= 4 is 0 Å². The molecule has 0 aliphatic heterocycles. The first-order valence-corrected chi connectivity index (χ1v) is 6.36. The Balaban J connectivity index is 2.12. The van der Waals surface area contributed by atoms with E-state index in [1.54, 1.807) is 11.8 Å². The van der Waals surface area contributed by atoms with E-state index in [2.05, 4.69) is 23.3 Å². The van der Waals surface area contributed by atoms with Crippen molar-refractivity contribution in [3.8, 4) is 5.75 Å². The van der Waals surface area contributed by atoms with Gasteiger partial charge in [0.1, 0.15) is 5.75 Å². The number of hydrogen-bond acceptors (Lipinski definition) is 4. The molecule has 1 aromatic carbocycles. The highest BCUT2D eigenvalue weighted by molar-refractivity contribution is 5.36. The Hall–Kier alpha value is -1.88. The van der Waals surface area contributed by atoms with Gasteiger partial charge in [0.05, 0.1) is 19.3 Å². The summed E-state index contributed by atoms with van der Waals surface area (Å²) >= 11 is 0. The lowest BCUT2D eigenvalue weighted by Gasteiger charge is -2.09.